The maximum absolute atomic E-state index is 13.4. The lowest BCUT2D eigenvalue weighted by Crippen LogP contribution is -2.41. The highest BCUT2D eigenvalue weighted by molar-refractivity contribution is 7.09. The van der Waals surface area contributed by atoms with Crippen LogP contribution >= 0.6 is 11.3 Å². The van der Waals surface area contributed by atoms with Gasteiger partial charge in [0.15, 0.2) is 0 Å². The molecule has 1 saturated heterocycles. The monoisotopic (exact) mass is 516 g/mol. The third-order valence-corrected chi connectivity index (χ3v) is 7.23. The third kappa shape index (κ3) is 5.26. The smallest absolute Gasteiger partial charge is 0.289 e. The van der Waals surface area contributed by atoms with Crippen molar-refractivity contribution in [3.8, 4) is 11.3 Å². The standard InChI is InChI=1S/C26H24N6O4S/c1-16-21(22(31-36-16)17-6-3-2-4-7-17)26(35)32-12-9-18(10-13-32)25-28-20(15-37-25)24(34)30-29-23(33)19-8-5-11-27-14-19/h2-8,11,14-15,18H,9-10,12-13H2,1H3,(H,29,33)(H,30,34). The molecule has 4 heterocycles. The summed E-state index contributed by atoms with van der Waals surface area (Å²) < 4.78 is 5.36. The third-order valence-electron chi connectivity index (χ3n) is 6.22. The highest BCUT2D eigenvalue weighted by Gasteiger charge is 2.31. The minimum absolute atomic E-state index is 0.0976. The Hall–Kier alpha value is -4.38. The first-order valence-electron chi connectivity index (χ1n) is 11.8. The fourth-order valence-electron chi connectivity index (χ4n) is 4.23. The Bertz CT molecular complexity index is 1410. The van der Waals surface area contributed by atoms with E-state index >= 15 is 0 Å². The number of pyridine rings is 1. The Morgan fingerprint density at radius 2 is 1.78 bits per heavy atom. The van der Waals surface area contributed by atoms with E-state index in [0.29, 0.717) is 35.7 Å². The Balaban J connectivity index is 1.18. The van der Waals surface area contributed by atoms with Crippen LogP contribution in [0.4, 0.5) is 0 Å². The molecule has 0 unspecified atom stereocenters. The molecule has 0 saturated carbocycles. The number of piperidine rings is 1. The van der Waals surface area contributed by atoms with Gasteiger partial charge in [-0.25, -0.2) is 4.98 Å². The van der Waals surface area contributed by atoms with Gasteiger partial charge in [0.2, 0.25) is 0 Å². The number of carbonyl (C=O) groups is 3. The van der Waals surface area contributed by atoms with E-state index in [9.17, 15) is 14.4 Å². The molecule has 37 heavy (non-hydrogen) atoms. The molecule has 1 fully saturated rings. The second kappa shape index (κ2) is 10.7. The highest BCUT2D eigenvalue weighted by atomic mass is 32.1. The van der Waals surface area contributed by atoms with Crippen LogP contribution in [-0.2, 0) is 0 Å². The first-order valence-corrected chi connectivity index (χ1v) is 12.7. The van der Waals surface area contributed by atoms with Crippen LogP contribution in [0.15, 0.2) is 64.8 Å². The lowest BCUT2D eigenvalue weighted by molar-refractivity contribution is 0.0711. The molecule has 188 valence electrons. The van der Waals surface area contributed by atoms with E-state index in [1.807, 2.05) is 35.2 Å². The topological polar surface area (TPSA) is 130 Å². The molecule has 1 aromatic carbocycles. The van der Waals surface area contributed by atoms with Gasteiger partial charge in [0.25, 0.3) is 17.7 Å². The normalized spacial score (nSPS) is 13.8. The van der Waals surface area contributed by atoms with Gasteiger partial charge in [-0.2, -0.15) is 0 Å². The fourth-order valence-corrected chi connectivity index (χ4v) is 5.20. The number of aryl methyl sites for hydroxylation is 1. The SMILES string of the molecule is Cc1onc(-c2ccccc2)c1C(=O)N1CCC(c2nc(C(=O)NNC(=O)c3cccnc3)cs2)CC1. The summed E-state index contributed by atoms with van der Waals surface area (Å²) in [6.07, 6.45) is 4.42. The molecule has 0 radical (unpaired) electrons. The van der Waals surface area contributed by atoms with Gasteiger partial charge in [-0.3, -0.25) is 30.2 Å². The van der Waals surface area contributed by atoms with Crippen molar-refractivity contribution in [3.63, 3.8) is 0 Å². The van der Waals surface area contributed by atoms with Crippen LogP contribution < -0.4 is 10.9 Å². The summed E-state index contributed by atoms with van der Waals surface area (Å²) in [6.45, 7) is 2.87. The largest absolute Gasteiger partial charge is 0.360 e. The zero-order valence-corrected chi connectivity index (χ0v) is 20.8. The molecule has 2 N–H and O–H groups in total. The van der Waals surface area contributed by atoms with Gasteiger partial charge >= 0.3 is 0 Å². The van der Waals surface area contributed by atoms with Gasteiger partial charge in [-0.05, 0) is 31.9 Å². The lowest BCUT2D eigenvalue weighted by Gasteiger charge is -2.31. The van der Waals surface area contributed by atoms with Crippen molar-refractivity contribution in [2.75, 3.05) is 13.1 Å². The van der Waals surface area contributed by atoms with Gasteiger partial charge in [0.05, 0.1) is 10.6 Å². The molecule has 10 nitrogen and oxygen atoms in total. The minimum Gasteiger partial charge on any atom is -0.360 e. The van der Waals surface area contributed by atoms with Crippen molar-refractivity contribution in [1.29, 1.82) is 0 Å². The highest BCUT2D eigenvalue weighted by Crippen LogP contribution is 2.32. The van der Waals surface area contributed by atoms with E-state index in [0.717, 1.165) is 23.4 Å². The van der Waals surface area contributed by atoms with Crippen molar-refractivity contribution in [2.45, 2.75) is 25.7 Å². The quantitative estimate of drug-likeness (QED) is 0.388. The first-order chi connectivity index (χ1) is 18.0. The summed E-state index contributed by atoms with van der Waals surface area (Å²) in [5.74, 6) is -0.425. The van der Waals surface area contributed by atoms with Gasteiger partial charge in [0, 0.05) is 42.3 Å². The molecule has 0 atom stereocenters. The Labute approximate surface area is 216 Å². The number of likely N-dealkylation sites (tertiary alicyclic amines) is 1. The van der Waals surface area contributed by atoms with Crippen LogP contribution in [0.1, 0.15) is 60.7 Å². The second-order valence-electron chi connectivity index (χ2n) is 8.62. The zero-order valence-electron chi connectivity index (χ0n) is 20.0. The number of amides is 3. The molecule has 0 bridgehead atoms. The minimum atomic E-state index is -0.497. The van der Waals surface area contributed by atoms with E-state index in [1.54, 1.807) is 30.6 Å². The van der Waals surface area contributed by atoms with Crippen molar-refractivity contribution in [1.82, 2.24) is 30.9 Å². The number of benzene rings is 1. The van der Waals surface area contributed by atoms with Gasteiger partial charge in [-0.1, -0.05) is 35.5 Å². The summed E-state index contributed by atoms with van der Waals surface area (Å²) in [5, 5.41) is 6.64. The number of aromatic nitrogens is 3. The van der Waals surface area contributed by atoms with Crippen LogP contribution in [0.5, 0.6) is 0 Å². The van der Waals surface area contributed by atoms with Crippen molar-refractivity contribution in [3.05, 3.63) is 87.8 Å². The lowest BCUT2D eigenvalue weighted by atomic mass is 9.96. The molecule has 3 aromatic heterocycles. The van der Waals surface area contributed by atoms with Crippen LogP contribution in [-0.4, -0.2) is 50.8 Å². The van der Waals surface area contributed by atoms with E-state index in [4.69, 9.17) is 4.52 Å². The van der Waals surface area contributed by atoms with Crippen LogP contribution in [0.2, 0.25) is 0 Å². The molecule has 0 aliphatic carbocycles. The van der Waals surface area contributed by atoms with E-state index in [-0.39, 0.29) is 17.5 Å². The van der Waals surface area contributed by atoms with Crippen LogP contribution in [0.25, 0.3) is 11.3 Å². The zero-order chi connectivity index (χ0) is 25.8. The number of hydrogen-bond donors (Lipinski definition) is 2. The maximum atomic E-state index is 13.4. The molecule has 3 amide bonds. The number of hydrazine groups is 1. The molecule has 11 heteroatoms. The summed E-state index contributed by atoms with van der Waals surface area (Å²) >= 11 is 1.40. The number of carbonyl (C=O) groups excluding carboxylic acids is 3. The number of nitrogens with one attached hydrogen (secondary N) is 2. The number of hydrogen-bond acceptors (Lipinski definition) is 8. The molecule has 5 rings (SSSR count). The molecule has 1 aliphatic heterocycles. The number of nitrogens with zero attached hydrogens (tertiary/aromatic N) is 4. The van der Waals surface area contributed by atoms with Crippen LogP contribution in [0.3, 0.4) is 0 Å². The van der Waals surface area contributed by atoms with Crippen LogP contribution in [0, 0.1) is 6.92 Å². The predicted octanol–water partition coefficient (Wildman–Crippen LogP) is 3.60. The Morgan fingerprint density at radius 3 is 2.51 bits per heavy atom. The average molecular weight is 517 g/mol. The van der Waals surface area contributed by atoms with E-state index in [1.165, 1.54) is 17.5 Å². The van der Waals surface area contributed by atoms with E-state index in [2.05, 4.69) is 26.0 Å². The maximum Gasteiger partial charge on any atom is 0.289 e. The summed E-state index contributed by atoms with van der Waals surface area (Å²) in [6, 6.07) is 12.8. The number of rotatable bonds is 5. The molecule has 4 aromatic rings. The average Bonchev–Trinajstić information content (AvgIpc) is 3.60. The van der Waals surface area contributed by atoms with Gasteiger partial charge in [0.1, 0.15) is 22.7 Å². The molecular weight excluding hydrogens is 492 g/mol. The van der Waals surface area contributed by atoms with Gasteiger partial charge < -0.3 is 9.42 Å². The Kier molecular flexibility index (Phi) is 7.04. The molecule has 1 aliphatic rings. The van der Waals surface area contributed by atoms with Gasteiger partial charge in [-0.15, -0.1) is 11.3 Å². The Morgan fingerprint density at radius 1 is 1.03 bits per heavy atom. The van der Waals surface area contributed by atoms with E-state index < -0.39 is 11.8 Å². The first kappa shape index (κ1) is 24.3. The summed E-state index contributed by atoms with van der Waals surface area (Å²) in [4.78, 5) is 48.1. The fraction of sp³-hybridized carbons (Fsp3) is 0.231. The van der Waals surface area contributed by atoms with Crippen molar-refractivity contribution < 1.29 is 18.9 Å². The second-order valence-corrected chi connectivity index (χ2v) is 9.51. The summed E-state index contributed by atoms with van der Waals surface area (Å²) in [7, 11) is 0. The van der Waals surface area contributed by atoms with Crippen molar-refractivity contribution in [2.24, 2.45) is 0 Å². The predicted molar refractivity (Wildman–Crippen MR) is 136 cm³/mol. The number of thiazole rings is 1. The summed E-state index contributed by atoms with van der Waals surface area (Å²) in [5.41, 5.74) is 7.20. The molecule has 0 spiro atoms. The molecular formula is C26H24N6O4S. The van der Waals surface area contributed by atoms with Crippen molar-refractivity contribution >= 4 is 29.1 Å².